The highest BCUT2D eigenvalue weighted by molar-refractivity contribution is 7.80. The highest BCUT2D eigenvalue weighted by atomic mass is 32.1. The number of benzene rings is 1. The molecular formula is C17H17N3O2S2. The van der Waals surface area contributed by atoms with Gasteiger partial charge in [0.1, 0.15) is 0 Å². The number of carbonyl (C=O) groups excluding carboxylic acids is 1. The SMILES string of the molecule is Cc1cc(CN(C(=O)CCS)c2nc(-c3ccccc3)cs2)on1. The molecule has 1 aromatic carbocycles. The number of rotatable bonds is 6. The number of thiol groups is 1. The van der Waals surface area contributed by atoms with E-state index in [0.29, 0.717) is 29.6 Å². The van der Waals surface area contributed by atoms with Crippen molar-refractivity contribution in [2.45, 2.75) is 19.9 Å². The van der Waals surface area contributed by atoms with Gasteiger partial charge >= 0.3 is 0 Å². The predicted molar refractivity (Wildman–Crippen MR) is 98.5 cm³/mol. The Balaban J connectivity index is 1.88. The number of thiazole rings is 1. The van der Waals surface area contributed by atoms with Crippen molar-refractivity contribution < 1.29 is 9.32 Å². The van der Waals surface area contributed by atoms with Crippen LogP contribution in [0.5, 0.6) is 0 Å². The Bertz CT molecular complexity index is 814. The van der Waals surface area contributed by atoms with Crippen LogP contribution in [0, 0.1) is 6.92 Å². The van der Waals surface area contributed by atoms with Gasteiger partial charge in [0, 0.05) is 23.4 Å². The summed E-state index contributed by atoms with van der Waals surface area (Å²) in [4.78, 5) is 18.7. The van der Waals surface area contributed by atoms with E-state index < -0.39 is 0 Å². The number of anilines is 1. The molecule has 3 aromatic rings. The average molecular weight is 359 g/mol. The Morgan fingerprint density at radius 1 is 1.33 bits per heavy atom. The Morgan fingerprint density at radius 3 is 2.79 bits per heavy atom. The van der Waals surface area contributed by atoms with Gasteiger partial charge in [0.2, 0.25) is 5.91 Å². The minimum atomic E-state index is -0.0342. The molecule has 0 saturated carbocycles. The third-order valence-corrected chi connectivity index (χ3v) is 4.50. The minimum absolute atomic E-state index is 0.0342. The first kappa shape index (κ1) is 16.7. The first-order chi connectivity index (χ1) is 11.7. The maximum Gasteiger partial charge on any atom is 0.230 e. The van der Waals surface area contributed by atoms with Gasteiger partial charge in [-0.1, -0.05) is 35.5 Å². The third kappa shape index (κ3) is 3.85. The van der Waals surface area contributed by atoms with Crippen molar-refractivity contribution in [3.05, 3.63) is 53.2 Å². The number of hydrogen-bond donors (Lipinski definition) is 1. The lowest BCUT2D eigenvalue weighted by atomic mass is 10.2. The summed E-state index contributed by atoms with van der Waals surface area (Å²) in [6.07, 6.45) is 0.344. The summed E-state index contributed by atoms with van der Waals surface area (Å²) in [5.41, 5.74) is 2.67. The highest BCUT2D eigenvalue weighted by Gasteiger charge is 2.21. The van der Waals surface area contributed by atoms with Crippen molar-refractivity contribution in [3.63, 3.8) is 0 Å². The zero-order chi connectivity index (χ0) is 16.9. The predicted octanol–water partition coefficient (Wildman–Crippen LogP) is 3.96. The van der Waals surface area contributed by atoms with E-state index in [0.717, 1.165) is 17.0 Å². The summed E-state index contributed by atoms with van der Waals surface area (Å²) in [6.45, 7) is 2.17. The zero-order valence-electron chi connectivity index (χ0n) is 13.2. The van der Waals surface area contributed by atoms with E-state index in [4.69, 9.17) is 4.52 Å². The van der Waals surface area contributed by atoms with Crippen molar-refractivity contribution in [2.75, 3.05) is 10.7 Å². The van der Waals surface area contributed by atoms with E-state index in [-0.39, 0.29) is 5.91 Å². The molecule has 0 fully saturated rings. The van der Waals surface area contributed by atoms with Crippen LogP contribution < -0.4 is 4.90 Å². The molecule has 0 bridgehead atoms. The standard InChI is InChI=1S/C17H17N3O2S2/c1-12-9-14(22-19-12)10-20(16(21)7-8-23)17-18-15(11-24-17)13-5-3-2-4-6-13/h2-6,9,11,23H,7-8,10H2,1H3. The molecule has 0 aliphatic carbocycles. The Kier molecular flexibility index (Phi) is 5.32. The van der Waals surface area contributed by atoms with Gasteiger partial charge in [-0.2, -0.15) is 12.6 Å². The maximum atomic E-state index is 12.5. The van der Waals surface area contributed by atoms with Crippen LogP contribution in [0.2, 0.25) is 0 Å². The van der Waals surface area contributed by atoms with Gasteiger partial charge in [-0.25, -0.2) is 4.98 Å². The van der Waals surface area contributed by atoms with Crippen LogP contribution in [0.4, 0.5) is 5.13 Å². The van der Waals surface area contributed by atoms with Gasteiger partial charge in [0.05, 0.1) is 17.9 Å². The molecule has 0 saturated heterocycles. The van der Waals surface area contributed by atoms with E-state index in [1.54, 1.807) is 4.90 Å². The molecule has 5 nitrogen and oxygen atoms in total. The first-order valence-electron chi connectivity index (χ1n) is 7.51. The van der Waals surface area contributed by atoms with Gasteiger partial charge in [-0.3, -0.25) is 9.69 Å². The van der Waals surface area contributed by atoms with Gasteiger partial charge in [0.15, 0.2) is 10.9 Å². The Hall–Kier alpha value is -2.12. The number of hydrogen-bond acceptors (Lipinski definition) is 6. The van der Waals surface area contributed by atoms with E-state index in [9.17, 15) is 4.79 Å². The van der Waals surface area contributed by atoms with E-state index in [1.807, 2.05) is 48.7 Å². The molecule has 3 rings (SSSR count). The maximum absolute atomic E-state index is 12.5. The van der Waals surface area contributed by atoms with E-state index in [1.165, 1.54) is 11.3 Å². The molecule has 1 amide bonds. The van der Waals surface area contributed by atoms with Gasteiger partial charge in [-0.15, -0.1) is 11.3 Å². The van der Waals surface area contributed by atoms with Crippen molar-refractivity contribution >= 4 is 35.0 Å². The molecular weight excluding hydrogens is 342 g/mol. The molecule has 0 aliphatic rings. The second-order valence-corrected chi connectivity index (χ2v) is 6.55. The minimum Gasteiger partial charge on any atom is -0.359 e. The van der Waals surface area contributed by atoms with Crippen molar-refractivity contribution in [2.24, 2.45) is 0 Å². The molecule has 0 N–H and O–H groups in total. The molecule has 0 atom stereocenters. The molecule has 0 aliphatic heterocycles. The average Bonchev–Trinajstić information content (AvgIpc) is 3.23. The molecule has 2 heterocycles. The summed E-state index contributed by atoms with van der Waals surface area (Å²) in [6, 6.07) is 11.7. The normalized spacial score (nSPS) is 10.8. The lowest BCUT2D eigenvalue weighted by Crippen LogP contribution is -2.30. The smallest absolute Gasteiger partial charge is 0.230 e. The summed E-state index contributed by atoms with van der Waals surface area (Å²) in [5, 5.41) is 6.48. The largest absolute Gasteiger partial charge is 0.359 e. The third-order valence-electron chi connectivity index (χ3n) is 3.41. The van der Waals surface area contributed by atoms with Crippen LogP contribution in [-0.2, 0) is 11.3 Å². The monoisotopic (exact) mass is 359 g/mol. The lowest BCUT2D eigenvalue weighted by molar-refractivity contribution is -0.118. The van der Waals surface area contributed by atoms with Crippen LogP contribution in [0.1, 0.15) is 17.9 Å². The molecule has 2 aromatic heterocycles. The number of carbonyl (C=O) groups is 1. The van der Waals surface area contributed by atoms with Crippen molar-refractivity contribution in [3.8, 4) is 11.3 Å². The van der Waals surface area contributed by atoms with Crippen LogP contribution in [0.3, 0.4) is 0 Å². The number of amides is 1. The topological polar surface area (TPSA) is 59.2 Å². The Morgan fingerprint density at radius 2 is 2.12 bits per heavy atom. The summed E-state index contributed by atoms with van der Waals surface area (Å²) in [7, 11) is 0. The summed E-state index contributed by atoms with van der Waals surface area (Å²) >= 11 is 5.60. The number of aryl methyl sites for hydroxylation is 1. The van der Waals surface area contributed by atoms with Crippen LogP contribution in [-0.4, -0.2) is 21.8 Å². The number of aromatic nitrogens is 2. The quantitative estimate of drug-likeness (QED) is 0.677. The van der Waals surface area contributed by atoms with Crippen LogP contribution >= 0.6 is 24.0 Å². The summed E-state index contributed by atoms with van der Waals surface area (Å²) in [5.74, 6) is 1.09. The lowest BCUT2D eigenvalue weighted by Gasteiger charge is -2.17. The second kappa shape index (κ2) is 7.63. The van der Waals surface area contributed by atoms with Gasteiger partial charge < -0.3 is 4.52 Å². The molecule has 7 heteroatoms. The highest BCUT2D eigenvalue weighted by Crippen LogP contribution is 2.29. The fraction of sp³-hybridized carbons (Fsp3) is 0.235. The van der Waals surface area contributed by atoms with Crippen molar-refractivity contribution in [1.29, 1.82) is 0 Å². The second-order valence-electron chi connectivity index (χ2n) is 5.27. The fourth-order valence-corrected chi connectivity index (χ4v) is 3.31. The van der Waals surface area contributed by atoms with E-state index in [2.05, 4.69) is 22.8 Å². The van der Waals surface area contributed by atoms with Crippen LogP contribution in [0.15, 0.2) is 46.3 Å². The molecule has 0 spiro atoms. The van der Waals surface area contributed by atoms with E-state index >= 15 is 0 Å². The van der Waals surface area contributed by atoms with Gasteiger partial charge in [-0.05, 0) is 12.7 Å². The van der Waals surface area contributed by atoms with Crippen molar-refractivity contribution in [1.82, 2.24) is 10.1 Å². The number of nitrogens with zero attached hydrogens (tertiary/aromatic N) is 3. The molecule has 124 valence electrons. The zero-order valence-corrected chi connectivity index (χ0v) is 14.9. The van der Waals surface area contributed by atoms with Gasteiger partial charge in [0.25, 0.3) is 0 Å². The molecule has 0 unspecified atom stereocenters. The molecule has 24 heavy (non-hydrogen) atoms. The van der Waals surface area contributed by atoms with Crippen LogP contribution in [0.25, 0.3) is 11.3 Å². The molecule has 0 radical (unpaired) electrons. The first-order valence-corrected chi connectivity index (χ1v) is 9.03. The summed E-state index contributed by atoms with van der Waals surface area (Å²) < 4.78 is 5.25. The Labute approximate surface area is 149 Å². The fourth-order valence-electron chi connectivity index (χ4n) is 2.27.